The molecule has 0 aliphatic heterocycles. The zero-order chi connectivity index (χ0) is 16.4. The molecule has 3 N–H and O–H groups in total. The highest BCUT2D eigenvalue weighted by Crippen LogP contribution is 2.14. The third kappa shape index (κ3) is 7.31. The van der Waals surface area contributed by atoms with Crippen LogP contribution in [0.4, 0.5) is 16.2 Å². The molecule has 22 heavy (non-hydrogen) atoms. The molecule has 2 amide bonds. The smallest absolute Gasteiger partial charge is 0.319 e. The van der Waals surface area contributed by atoms with Gasteiger partial charge in [-0.2, -0.15) is 0 Å². The summed E-state index contributed by atoms with van der Waals surface area (Å²) < 4.78 is 25.3. The van der Waals surface area contributed by atoms with Crippen LogP contribution in [0.1, 0.15) is 39.5 Å². The van der Waals surface area contributed by atoms with Crippen molar-refractivity contribution in [3.05, 3.63) is 24.3 Å². The molecule has 1 aromatic carbocycles. The van der Waals surface area contributed by atoms with E-state index < -0.39 is 10.0 Å². The number of carbonyl (C=O) groups excluding carboxylic acids is 1. The largest absolute Gasteiger partial charge is 0.338 e. The minimum absolute atomic E-state index is 0.0213. The molecule has 124 valence electrons. The second-order valence-corrected chi connectivity index (χ2v) is 7.04. The van der Waals surface area contributed by atoms with Crippen molar-refractivity contribution in [3.63, 3.8) is 0 Å². The van der Waals surface area contributed by atoms with E-state index in [4.69, 9.17) is 0 Å². The van der Waals surface area contributed by atoms with Crippen LogP contribution in [0.2, 0.25) is 0 Å². The number of urea groups is 1. The number of hydrogen-bond donors (Lipinski definition) is 3. The maximum Gasteiger partial charge on any atom is 0.319 e. The number of anilines is 2. The Balaban J connectivity index is 2.39. The summed E-state index contributed by atoms with van der Waals surface area (Å²) in [5.74, 6) is 0.0213. The molecule has 1 rings (SSSR count). The number of unbranched alkanes of at least 4 members (excludes halogenated alkanes) is 3. The second-order valence-electron chi connectivity index (χ2n) is 5.02. The van der Waals surface area contributed by atoms with E-state index in [1.165, 1.54) is 12.8 Å². The standard InChI is InChI=1S/C15H25N3O3S/c1-3-5-6-7-12-16-15(19)17-13-8-10-14(11-9-13)18-22(20,21)4-2/h8-11,18H,3-7,12H2,1-2H3,(H2,16,17,19). The second kappa shape index (κ2) is 9.30. The van der Waals surface area contributed by atoms with Crippen molar-refractivity contribution in [1.82, 2.24) is 5.32 Å². The first-order valence-corrected chi connectivity index (χ1v) is 9.27. The molecule has 0 aromatic heterocycles. The van der Waals surface area contributed by atoms with Crippen LogP contribution in [0.3, 0.4) is 0 Å². The van der Waals surface area contributed by atoms with E-state index in [-0.39, 0.29) is 11.8 Å². The molecule has 6 nitrogen and oxygen atoms in total. The molecule has 0 unspecified atom stereocenters. The van der Waals surface area contributed by atoms with Crippen molar-refractivity contribution >= 4 is 27.4 Å². The predicted octanol–water partition coefficient (Wildman–Crippen LogP) is 3.15. The normalized spacial score (nSPS) is 11.0. The molecule has 0 fully saturated rings. The third-order valence-corrected chi connectivity index (χ3v) is 4.42. The first kappa shape index (κ1) is 18.3. The van der Waals surface area contributed by atoms with Gasteiger partial charge in [0, 0.05) is 17.9 Å². The fourth-order valence-corrected chi connectivity index (χ4v) is 2.44. The van der Waals surface area contributed by atoms with Gasteiger partial charge in [0.15, 0.2) is 0 Å². The van der Waals surface area contributed by atoms with Crippen LogP contribution in [0.15, 0.2) is 24.3 Å². The number of sulfonamides is 1. The van der Waals surface area contributed by atoms with Crippen LogP contribution >= 0.6 is 0 Å². The first-order valence-electron chi connectivity index (χ1n) is 7.62. The SMILES string of the molecule is CCCCCCNC(=O)Nc1ccc(NS(=O)(=O)CC)cc1. The van der Waals surface area contributed by atoms with Crippen LogP contribution < -0.4 is 15.4 Å². The van der Waals surface area contributed by atoms with Gasteiger partial charge in [0.05, 0.1) is 5.75 Å². The highest BCUT2D eigenvalue weighted by atomic mass is 32.2. The number of rotatable bonds is 9. The highest BCUT2D eigenvalue weighted by molar-refractivity contribution is 7.92. The van der Waals surface area contributed by atoms with Crippen LogP contribution in [-0.4, -0.2) is 26.7 Å². The molecular weight excluding hydrogens is 302 g/mol. The molecule has 0 spiro atoms. The van der Waals surface area contributed by atoms with E-state index in [9.17, 15) is 13.2 Å². The average Bonchev–Trinajstić information content (AvgIpc) is 2.49. The molecule has 0 saturated carbocycles. The summed E-state index contributed by atoms with van der Waals surface area (Å²) in [6.07, 6.45) is 4.43. The summed E-state index contributed by atoms with van der Waals surface area (Å²) in [6, 6.07) is 6.29. The van der Waals surface area contributed by atoms with E-state index >= 15 is 0 Å². The Morgan fingerprint density at radius 3 is 2.23 bits per heavy atom. The molecule has 0 aliphatic carbocycles. The molecule has 7 heteroatoms. The van der Waals surface area contributed by atoms with Crippen molar-refractivity contribution in [1.29, 1.82) is 0 Å². The minimum Gasteiger partial charge on any atom is -0.338 e. The molecule has 0 aliphatic rings. The Hall–Kier alpha value is -1.76. The minimum atomic E-state index is -3.28. The van der Waals surface area contributed by atoms with Gasteiger partial charge < -0.3 is 10.6 Å². The van der Waals surface area contributed by atoms with Gasteiger partial charge in [0.25, 0.3) is 0 Å². The monoisotopic (exact) mass is 327 g/mol. The first-order chi connectivity index (χ1) is 10.5. The van der Waals surface area contributed by atoms with E-state index in [0.29, 0.717) is 17.9 Å². The zero-order valence-corrected chi connectivity index (χ0v) is 14.0. The van der Waals surface area contributed by atoms with Gasteiger partial charge in [-0.1, -0.05) is 26.2 Å². The Bertz CT molecular complexity index is 556. The number of carbonyl (C=O) groups is 1. The Morgan fingerprint density at radius 2 is 1.64 bits per heavy atom. The van der Waals surface area contributed by atoms with Crippen molar-refractivity contribution in [3.8, 4) is 0 Å². The summed E-state index contributed by atoms with van der Waals surface area (Å²) in [7, 11) is -3.28. The number of benzene rings is 1. The molecule has 1 aromatic rings. The average molecular weight is 327 g/mol. The Kier molecular flexibility index (Phi) is 7.73. The topological polar surface area (TPSA) is 87.3 Å². The molecule has 0 atom stereocenters. The van der Waals surface area contributed by atoms with Crippen molar-refractivity contribution in [2.45, 2.75) is 39.5 Å². The van der Waals surface area contributed by atoms with Gasteiger partial charge >= 0.3 is 6.03 Å². The highest BCUT2D eigenvalue weighted by Gasteiger charge is 2.06. The van der Waals surface area contributed by atoms with E-state index in [1.807, 2.05) is 0 Å². The summed E-state index contributed by atoms with van der Waals surface area (Å²) in [6.45, 7) is 4.37. The van der Waals surface area contributed by atoms with Crippen molar-refractivity contribution in [2.75, 3.05) is 22.3 Å². The summed E-state index contributed by atoms with van der Waals surface area (Å²) >= 11 is 0. The lowest BCUT2D eigenvalue weighted by Gasteiger charge is -2.09. The van der Waals surface area contributed by atoms with Crippen molar-refractivity contribution in [2.24, 2.45) is 0 Å². The van der Waals surface area contributed by atoms with Gasteiger partial charge in [-0.05, 0) is 37.6 Å². The lowest BCUT2D eigenvalue weighted by atomic mass is 10.2. The van der Waals surface area contributed by atoms with Crippen LogP contribution in [0, 0.1) is 0 Å². The summed E-state index contributed by atoms with van der Waals surface area (Å²) in [5, 5.41) is 5.50. The number of nitrogens with one attached hydrogen (secondary N) is 3. The lowest BCUT2D eigenvalue weighted by molar-refractivity contribution is 0.252. The Labute approximate surface area is 132 Å². The number of amides is 2. The molecule has 0 saturated heterocycles. The van der Waals surface area contributed by atoms with Gasteiger partial charge in [-0.25, -0.2) is 13.2 Å². The van der Waals surface area contributed by atoms with Crippen LogP contribution in [-0.2, 0) is 10.0 Å². The van der Waals surface area contributed by atoms with Gasteiger partial charge in [-0.3, -0.25) is 4.72 Å². The summed E-state index contributed by atoms with van der Waals surface area (Å²) in [5.41, 5.74) is 1.10. The van der Waals surface area contributed by atoms with Crippen LogP contribution in [0.25, 0.3) is 0 Å². The zero-order valence-electron chi connectivity index (χ0n) is 13.2. The fourth-order valence-electron chi connectivity index (χ4n) is 1.80. The van der Waals surface area contributed by atoms with Crippen LogP contribution in [0.5, 0.6) is 0 Å². The third-order valence-electron chi connectivity index (χ3n) is 3.11. The molecule has 0 bridgehead atoms. The summed E-state index contributed by atoms with van der Waals surface area (Å²) in [4.78, 5) is 11.7. The van der Waals surface area contributed by atoms with E-state index in [2.05, 4.69) is 22.3 Å². The van der Waals surface area contributed by atoms with E-state index in [1.54, 1.807) is 31.2 Å². The number of hydrogen-bond acceptors (Lipinski definition) is 3. The maximum atomic E-state index is 11.7. The van der Waals surface area contributed by atoms with Gasteiger partial charge in [-0.15, -0.1) is 0 Å². The van der Waals surface area contributed by atoms with Crippen molar-refractivity contribution < 1.29 is 13.2 Å². The molecule has 0 radical (unpaired) electrons. The van der Waals surface area contributed by atoms with Gasteiger partial charge in [0.2, 0.25) is 10.0 Å². The maximum absolute atomic E-state index is 11.7. The molecular formula is C15H25N3O3S. The van der Waals surface area contributed by atoms with E-state index in [0.717, 1.165) is 12.8 Å². The van der Waals surface area contributed by atoms with Gasteiger partial charge in [0.1, 0.15) is 0 Å². The quantitative estimate of drug-likeness (QED) is 0.609. The Morgan fingerprint density at radius 1 is 1.00 bits per heavy atom. The fraction of sp³-hybridized carbons (Fsp3) is 0.533. The predicted molar refractivity (Wildman–Crippen MR) is 90.7 cm³/mol. The molecule has 0 heterocycles. The lowest BCUT2D eigenvalue weighted by Crippen LogP contribution is -2.29.